The van der Waals surface area contributed by atoms with Crippen LogP contribution in [0.1, 0.15) is 35.6 Å². The summed E-state index contributed by atoms with van der Waals surface area (Å²) in [6.45, 7) is 7.60. The largest absolute Gasteiger partial charge is 0.465 e. The Kier molecular flexibility index (Phi) is 6.02. The Balaban J connectivity index is 1.42. The maximum Gasteiger partial charge on any atom is 0.224 e. The number of nitrogens with one attached hydrogen (secondary N) is 1. The van der Waals surface area contributed by atoms with Crippen molar-refractivity contribution in [3.05, 3.63) is 59.2 Å². The van der Waals surface area contributed by atoms with Gasteiger partial charge in [0.1, 0.15) is 17.1 Å². The van der Waals surface area contributed by atoms with Crippen molar-refractivity contribution in [2.45, 2.75) is 32.7 Å². The lowest BCUT2D eigenvalue weighted by atomic mass is 10.1. The third-order valence-corrected chi connectivity index (χ3v) is 5.55. The van der Waals surface area contributed by atoms with Crippen LogP contribution in [0, 0.1) is 6.92 Å². The van der Waals surface area contributed by atoms with Crippen LogP contribution in [0.2, 0.25) is 0 Å². The molecule has 0 saturated carbocycles. The molecule has 3 aromatic rings. The standard InChI is InChI=1S/C23H28N2O4/c1-3-17-5-6-19-18(15-28-22(19)12-17)13-23(26)24-14-20(21-7-4-16(2)29-21)25-8-10-27-11-9-25/h4-7,12,15,20H,3,8-11,13-14H2,1-2H3,(H,24,26). The smallest absolute Gasteiger partial charge is 0.224 e. The maximum atomic E-state index is 12.7. The number of fused-ring (bicyclic) bond motifs is 1. The summed E-state index contributed by atoms with van der Waals surface area (Å²) in [5.74, 6) is 1.74. The number of ether oxygens (including phenoxy) is 1. The minimum Gasteiger partial charge on any atom is -0.465 e. The van der Waals surface area contributed by atoms with Crippen LogP contribution < -0.4 is 5.32 Å². The number of carbonyl (C=O) groups excluding carboxylic acids is 1. The van der Waals surface area contributed by atoms with Crippen LogP contribution in [0.25, 0.3) is 11.0 Å². The normalized spacial score (nSPS) is 16.2. The zero-order valence-corrected chi connectivity index (χ0v) is 17.1. The first-order valence-corrected chi connectivity index (χ1v) is 10.3. The summed E-state index contributed by atoms with van der Waals surface area (Å²) in [7, 11) is 0. The van der Waals surface area contributed by atoms with Crippen LogP contribution in [0.4, 0.5) is 0 Å². The van der Waals surface area contributed by atoms with E-state index in [1.54, 1.807) is 6.26 Å². The number of carbonyl (C=O) groups is 1. The van der Waals surface area contributed by atoms with Gasteiger partial charge in [-0.2, -0.15) is 0 Å². The van der Waals surface area contributed by atoms with E-state index in [1.165, 1.54) is 5.56 Å². The molecule has 4 rings (SSSR count). The highest BCUT2D eigenvalue weighted by atomic mass is 16.5. The molecule has 1 amide bonds. The molecule has 1 atom stereocenters. The minimum atomic E-state index is -0.0196. The number of amides is 1. The zero-order chi connectivity index (χ0) is 20.2. The lowest BCUT2D eigenvalue weighted by molar-refractivity contribution is -0.120. The molecule has 0 bridgehead atoms. The zero-order valence-electron chi connectivity index (χ0n) is 17.1. The van der Waals surface area contributed by atoms with Crippen LogP contribution in [0.3, 0.4) is 0 Å². The summed E-state index contributed by atoms with van der Waals surface area (Å²) in [5.41, 5.74) is 2.98. The Morgan fingerprint density at radius 2 is 2.03 bits per heavy atom. The minimum absolute atomic E-state index is 0.00440. The number of furan rings is 2. The highest BCUT2D eigenvalue weighted by Gasteiger charge is 2.25. The van der Waals surface area contributed by atoms with E-state index in [0.29, 0.717) is 26.2 Å². The van der Waals surface area contributed by atoms with E-state index in [-0.39, 0.29) is 11.9 Å². The van der Waals surface area contributed by atoms with Gasteiger partial charge in [0, 0.05) is 30.6 Å². The van der Waals surface area contributed by atoms with Crippen molar-refractivity contribution >= 4 is 16.9 Å². The first-order valence-electron chi connectivity index (χ1n) is 10.3. The Bertz CT molecular complexity index is 968. The van der Waals surface area contributed by atoms with E-state index in [9.17, 15) is 4.79 Å². The Hall–Kier alpha value is -2.57. The van der Waals surface area contributed by atoms with Gasteiger partial charge in [0.25, 0.3) is 0 Å². The van der Waals surface area contributed by atoms with E-state index in [0.717, 1.165) is 47.6 Å². The monoisotopic (exact) mass is 396 g/mol. The molecular weight excluding hydrogens is 368 g/mol. The molecule has 0 aliphatic carbocycles. The molecule has 1 aliphatic rings. The molecular formula is C23H28N2O4. The molecule has 0 radical (unpaired) electrons. The van der Waals surface area contributed by atoms with E-state index < -0.39 is 0 Å². The fourth-order valence-electron chi connectivity index (χ4n) is 3.86. The topological polar surface area (TPSA) is 67.9 Å². The SMILES string of the molecule is CCc1ccc2c(CC(=O)NCC(c3ccc(C)o3)N3CCOCC3)coc2c1. The van der Waals surface area contributed by atoms with E-state index >= 15 is 0 Å². The van der Waals surface area contributed by atoms with Crippen LogP contribution in [-0.2, 0) is 22.4 Å². The fraction of sp³-hybridized carbons (Fsp3) is 0.435. The summed E-state index contributed by atoms with van der Waals surface area (Å²) < 4.78 is 17.0. The predicted molar refractivity (Wildman–Crippen MR) is 111 cm³/mol. The van der Waals surface area contributed by atoms with Gasteiger partial charge in [-0.05, 0) is 37.1 Å². The van der Waals surface area contributed by atoms with Gasteiger partial charge in [-0.25, -0.2) is 0 Å². The summed E-state index contributed by atoms with van der Waals surface area (Å²) in [5, 5.41) is 4.09. The van der Waals surface area contributed by atoms with Crippen LogP contribution >= 0.6 is 0 Å². The van der Waals surface area contributed by atoms with E-state index in [4.69, 9.17) is 13.6 Å². The van der Waals surface area contributed by atoms with Crippen molar-refractivity contribution in [3.63, 3.8) is 0 Å². The molecule has 1 aliphatic heterocycles. The molecule has 1 saturated heterocycles. The summed E-state index contributed by atoms with van der Waals surface area (Å²) in [6.07, 6.45) is 2.95. The number of benzene rings is 1. The number of rotatable bonds is 7. The van der Waals surface area contributed by atoms with Crippen molar-refractivity contribution < 1.29 is 18.4 Å². The van der Waals surface area contributed by atoms with Crippen LogP contribution in [0.15, 0.2) is 45.4 Å². The highest BCUT2D eigenvalue weighted by molar-refractivity contribution is 5.87. The molecule has 29 heavy (non-hydrogen) atoms. The molecule has 1 fully saturated rings. The molecule has 1 aromatic carbocycles. The van der Waals surface area contributed by atoms with Gasteiger partial charge in [0.05, 0.1) is 31.9 Å². The van der Waals surface area contributed by atoms with Crippen molar-refractivity contribution in [3.8, 4) is 0 Å². The van der Waals surface area contributed by atoms with Gasteiger partial charge < -0.3 is 18.9 Å². The Morgan fingerprint density at radius 3 is 2.76 bits per heavy atom. The second-order valence-electron chi connectivity index (χ2n) is 7.54. The van der Waals surface area contributed by atoms with Crippen molar-refractivity contribution in [2.24, 2.45) is 0 Å². The molecule has 3 heterocycles. The maximum absolute atomic E-state index is 12.7. The number of nitrogens with zero attached hydrogens (tertiary/aromatic N) is 1. The average molecular weight is 396 g/mol. The molecule has 0 spiro atoms. The average Bonchev–Trinajstić information content (AvgIpc) is 3.35. The number of aryl methyl sites for hydroxylation is 2. The van der Waals surface area contributed by atoms with Crippen molar-refractivity contribution in [1.82, 2.24) is 10.2 Å². The van der Waals surface area contributed by atoms with Crippen LogP contribution in [0.5, 0.6) is 0 Å². The van der Waals surface area contributed by atoms with Crippen molar-refractivity contribution in [1.29, 1.82) is 0 Å². The van der Waals surface area contributed by atoms with Gasteiger partial charge in [0.2, 0.25) is 5.91 Å². The second-order valence-corrected chi connectivity index (χ2v) is 7.54. The van der Waals surface area contributed by atoms with Crippen LogP contribution in [-0.4, -0.2) is 43.7 Å². The highest BCUT2D eigenvalue weighted by Crippen LogP contribution is 2.25. The van der Waals surface area contributed by atoms with Crippen molar-refractivity contribution in [2.75, 3.05) is 32.8 Å². The van der Waals surface area contributed by atoms with Gasteiger partial charge in [0.15, 0.2) is 0 Å². The third-order valence-electron chi connectivity index (χ3n) is 5.55. The van der Waals surface area contributed by atoms with E-state index in [1.807, 2.05) is 31.2 Å². The first-order chi connectivity index (χ1) is 14.1. The quantitative estimate of drug-likeness (QED) is 0.661. The third kappa shape index (κ3) is 4.54. The molecule has 1 N–H and O–H groups in total. The van der Waals surface area contributed by atoms with Gasteiger partial charge in [-0.1, -0.05) is 19.1 Å². The van der Waals surface area contributed by atoms with Gasteiger partial charge in [-0.15, -0.1) is 0 Å². The molecule has 2 aromatic heterocycles. The number of hydrogen-bond donors (Lipinski definition) is 1. The lowest BCUT2D eigenvalue weighted by Gasteiger charge is -2.33. The first kappa shape index (κ1) is 19.7. The Labute approximate surface area is 170 Å². The molecule has 1 unspecified atom stereocenters. The van der Waals surface area contributed by atoms with Gasteiger partial charge >= 0.3 is 0 Å². The summed E-state index contributed by atoms with van der Waals surface area (Å²) >= 11 is 0. The summed E-state index contributed by atoms with van der Waals surface area (Å²) in [4.78, 5) is 15.0. The molecule has 154 valence electrons. The Morgan fingerprint density at radius 1 is 1.21 bits per heavy atom. The number of hydrogen-bond acceptors (Lipinski definition) is 5. The number of morpholine rings is 1. The van der Waals surface area contributed by atoms with Gasteiger partial charge in [-0.3, -0.25) is 9.69 Å². The molecule has 6 nitrogen and oxygen atoms in total. The fourth-order valence-corrected chi connectivity index (χ4v) is 3.86. The van der Waals surface area contributed by atoms with E-state index in [2.05, 4.69) is 23.2 Å². The summed E-state index contributed by atoms with van der Waals surface area (Å²) in [6, 6.07) is 10.1. The second kappa shape index (κ2) is 8.84. The molecule has 6 heteroatoms. The lowest BCUT2D eigenvalue weighted by Crippen LogP contribution is -2.43. The predicted octanol–water partition coefficient (Wildman–Crippen LogP) is 3.63.